The van der Waals surface area contributed by atoms with E-state index in [4.69, 9.17) is 5.73 Å². The molecule has 0 aliphatic heterocycles. The van der Waals surface area contributed by atoms with E-state index in [1.807, 2.05) is 0 Å². The zero-order valence-corrected chi connectivity index (χ0v) is 14.4. The van der Waals surface area contributed by atoms with Crippen molar-refractivity contribution < 1.29 is 32.3 Å². The highest BCUT2D eigenvalue weighted by Gasteiger charge is 2.43. The van der Waals surface area contributed by atoms with Crippen molar-refractivity contribution in [1.29, 1.82) is 0 Å². The monoisotopic (exact) mass is 374 g/mol. The number of hydrogen-bond donors (Lipinski definition) is 2. The zero-order chi connectivity index (χ0) is 19.9. The van der Waals surface area contributed by atoms with E-state index < -0.39 is 36.1 Å². The van der Waals surface area contributed by atoms with Crippen LogP contribution < -0.4 is 11.1 Å². The number of hydrogen-bond acceptors (Lipinski definition) is 5. The Morgan fingerprint density at radius 2 is 1.73 bits per heavy atom. The van der Waals surface area contributed by atoms with E-state index in [0.29, 0.717) is 0 Å². The van der Waals surface area contributed by atoms with Crippen molar-refractivity contribution in [1.82, 2.24) is 5.32 Å². The van der Waals surface area contributed by atoms with Crippen LogP contribution in [0.15, 0.2) is 30.3 Å². The van der Waals surface area contributed by atoms with Gasteiger partial charge in [0.2, 0.25) is 5.91 Å². The number of carbonyl (C=O) groups is 3. The quantitative estimate of drug-likeness (QED) is 0.559. The number of amides is 1. The molecule has 0 heterocycles. The van der Waals surface area contributed by atoms with E-state index in [2.05, 4.69) is 10.1 Å². The van der Waals surface area contributed by atoms with Gasteiger partial charge in [-0.3, -0.25) is 4.79 Å². The summed E-state index contributed by atoms with van der Waals surface area (Å²) < 4.78 is 40.5. The van der Waals surface area contributed by atoms with Crippen LogP contribution in [0.1, 0.15) is 25.8 Å². The van der Waals surface area contributed by atoms with Gasteiger partial charge in [-0.2, -0.15) is 13.2 Å². The number of nitrogens with two attached hydrogens (primary N) is 1. The van der Waals surface area contributed by atoms with Gasteiger partial charge in [-0.1, -0.05) is 44.2 Å². The summed E-state index contributed by atoms with van der Waals surface area (Å²) in [5, 5.41) is 2.27. The maximum Gasteiger partial charge on any atom is 0.491 e. The number of alkyl halides is 3. The number of nitrogens with one attached hydrogen (secondary N) is 1. The molecule has 3 N–H and O–H groups in total. The largest absolute Gasteiger partial charge is 0.491 e. The lowest BCUT2D eigenvalue weighted by atomic mass is 10.0. The third kappa shape index (κ3) is 7.22. The Kier molecular flexibility index (Phi) is 7.76. The first-order chi connectivity index (χ1) is 12.0. The third-order valence-corrected chi connectivity index (χ3v) is 3.37. The van der Waals surface area contributed by atoms with E-state index in [9.17, 15) is 27.6 Å². The standard InChI is InChI=1S/C17H21F3N2O4/c1-10(2)8-13(15(24)26-16(25)17(18,19)20)22-14(23)12(21)9-11-6-4-3-5-7-11/h3-7,10,12-13H,8-9,21H2,1-2H3,(H,22,23)/t12-,13-/m1/s1. The van der Waals surface area contributed by atoms with Gasteiger partial charge in [0.15, 0.2) is 0 Å². The molecule has 1 aromatic carbocycles. The fraction of sp³-hybridized carbons (Fsp3) is 0.471. The van der Waals surface area contributed by atoms with Gasteiger partial charge in [-0.15, -0.1) is 0 Å². The number of benzene rings is 1. The minimum atomic E-state index is -5.30. The molecular weight excluding hydrogens is 353 g/mol. The molecule has 0 fully saturated rings. The molecule has 9 heteroatoms. The second kappa shape index (κ2) is 9.33. The molecule has 0 aliphatic rings. The normalized spacial score (nSPS) is 13.8. The van der Waals surface area contributed by atoms with Crippen molar-refractivity contribution in [2.75, 3.05) is 0 Å². The maximum absolute atomic E-state index is 12.2. The number of halogens is 3. The van der Waals surface area contributed by atoms with Crippen LogP contribution in [0.3, 0.4) is 0 Å². The lowest BCUT2D eigenvalue weighted by Crippen LogP contribution is -2.50. The fourth-order valence-electron chi connectivity index (χ4n) is 2.15. The van der Waals surface area contributed by atoms with Gasteiger partial charge in [0.25, 0.3) is 0 Å². The average molecular weight is 374 g/mol. The lowest BCUT2D eigenvalue weighted by molar-refractivity contribution is -0.202. The molecule has 1 rings (SSSR count). The van der Waals surface area contributed by atoms with Crippen LogP contribution in [0.25, 0.3) is 0 Å². The molecule has 1 aromatic rings. The van der Waals surface area contributed by atoms with Gasteiger partial charge in [0.1, 0.15) is 6.04 Å². The van der Waals surface area contributed by atoms with E-state index in [1.54, 1.807) is 44.2 Å². The summed E-state index contributed by atoms with van der Waals surface area (Å²) in [6.07, 6.45) is -5.13. The number of esters is 2. The van der Waals surface area contributed by atoms with Gasteiger partial charge in [-0.05, 0) is 24.3 Å². The van der Waals surface area contributed by atoms with Crippen LogP contribution in [0.2, 0.25) is 0 Å². The van der Waals surface area contributed by atoms with E-state index in [0.717, 1.165) is 5.56 Å². The number of carbonyl (C=O) groups excluding carboxylic acids is 3. The Morgan fingerprint density at radius 3 is 2.23 bits per heavy atom. The van der Waals surface area contributed by atoms with E-state index in [-0.39, 0.29) is 18.8 Å². The summed E-state index contributed by atoms with van der Waals surface area (Å²) in [5.74, 6) is -4.98. The highest BCUT2D eigenvalue weighted by molar-refractivity contribution is 5.93. The van der Waals surface area contributed by atoms with Crippen molar-refractivity contribution in [3.63, 3.8) is 0 Å². The van der Waals surface area contributed by atoms with Crippen molar-refractivity contribution in [3.8, 4) is 0 Å². The number of rotatable bonds is 7. The molecule has 0 bridgehead atoms. The Bertz CT molecular complexity index is 633. The first kappa shape index (κ1) is 21.6. The highest BCUT2D eigenvalue weighted by atomic mass is 19.4. The molecule has 26 heavy (non-hydrogen) atoms. The average Bonchev–Trinajstić information content (AvgIpc) is 2.53. The Hall–Kier alpha value is -2.42. The topological polar surface area (TPSA) is 98.5 Å². The van der Waals surface area contributed by atoms with E-state index in [1.165, 1.54) is 0 Å². The molecule has 0 aliphatic carbocycles. The van der Waals surface area contributed by atoms with E-state index >= 15 is 0 Å². The third-order valence-electron chi connectivity index (χ3n) is 3.37. The molecule has 6 nitrogen and oxygen atoms in total. The minimum Gasteiger partial charge on any atom is -0.385 e. The van der Waals surface area contributed by atoms with Crippen LogP contribution in [-0.2, 0) is 25.5 Å². The molecule has 0 saturated carbocycles. The van der Waals surface area contributed by atoms with Crippen LogP contribution >= 0.6 is 0 Å². The molecule has 0 unspecified atom stereocenters. The lowest BCUT2D eigenvalue weighted by Gasteiger charge is -2.21. The molecule has 0 saturated heterocycles. The second-order valence-corrected chi connectivity index (χ2v) is 6.19. The smallest absolute Gasteiger partial charge is 0.385 e. The maximum atomic E-state index is 12.2. The Morgan fingerprint density at radius 1 is 1.15 bits per heavy atom. The molecule has 0 spiro atoms. The summed E-state index contributed by atoms with van der Waals surface area (Å²) >= 11 is 0. The molecule has 0 radical (unpaired) electrons. The predicted molar refractivity (Wildman–Crippen MR) is 86.7 cm³/mol. The summed E-state index contributed by atoms with van der Waals surface area (Å²) in [4.78, 5) is 34.8. The molecular formula is C17H21F3N2O4. The van der Waals surface area contributed by atoms with Crippen LogP contribution in [0.4, 0.5) is 13.2 Å². The van der Waals surface area contributed by atoms with Crippen molar-refractivity contribution in [2.24, 2.45) is 11.7 Å². The molecule has 144 valence electrons. The van der Waals surface area contributed by atoms with Crippen molar-refractivity contribution in [3.05, 3.63) is 35.9 Å². The number of ether oxygens (including phenoxy) is 1. The fourth-order valence-corrected chi connectivity index (χ4v) is 2.15. The SMILES string of the molecule is CC(C)C[C@@H](NC(=O)[C@H](N)Cc1ccccc1)C(=O)OC(=O)C(F)(F)F. The van der Waals surface area contributed by atoms with Gasteiger partial charge in [-0.25, -0.2) is 9.59 Å². The van der Waals surface area contributed by atoms with Gasteiger partial charge in [0, 0.05) is 0 Å². The predicted octanol–water partition coefficient (Wildman–Crippen LogP) is 1.72. The minimum absolute atomic E-state index is 0.00618. The van der Waals surface area contributed by atoms with Gasteiger partial charge >= 0.3 is 18.1 Å². The van der Waals surface area contributed by atoms with Crippen LogP contribution in [0.5, 0.6) is 0 Å². The zero-order valence-electron chi connectivity index (χ0n) is 14.4. The summed E-state index contributed by atoms with van der Waals surface area (Å²) in [7, 11) is 0. The Balaban J connectivity index is 2.75. The van der Waals surface area contributed by atoms with Crippen molar-refractivity contribution in [2.45, 2.75) is 44.9 Å². The molecule has 0 aromatic heterocycles. The first-order valence-electron chi connectivity index (χ1n) is 7.93. The first-order valence-corrected chi connectivity index (χ1v) is 7.93. The van der Waals surface area contributed by atoms with Gasteiger partial charge in [0.05, 0.1) is 6.04 Å². The van der Waals surface area contributed by atoms with Crippen LogP contribution in [-0.4, -0.2) is 36.1 Å². The molecule has 2 atom stereocenters. The summed E-state index contributed by atoms with van der Waals surface area (Å²) in [6.45, 7) is 3.39. The van der Waals surface area contributed by atoms with Crippen molar-refractivity contribution >= 4 is 17.8 Å². The second-order valence-electron chi connectivity index (χ2n) is 6.19. The summed E-state index contributed by atoms with van der Waals surface area (Å²) in [5.41, 5.74) is 6.57. The molecule has 1 amide bonds. The van der Waals surface area contributed by atoms with Crippen LogP contribution in [0, 0.1) is 5.92 Å². The highest BCUT2D eigenvalue weighted by Crippen LogP contribution is 2.17. The van der Waals surface area contributed by atoms with Gasteiger partial charge < -0.3 is 15.8 Å². The summed E-state index contributed by atoms with van der Waals surface area (Å²) in [6, 6.07) is 6.42. The Labute approximate surface area is 148 Å².